The highest BCUT2D eigenvalue weighted by Crippen LogP contribution is 1.91. The molecular weight excluding hydrogens is 190 g/mol. The minimum Gasteiger partial charge on any atom is -0.355 e. The normalized spacial score (nSPS) is 11.1. The molecule has 0 radical (unpaired) electrons. The van der Waals surface area contributed by atoms with Crippen LogP contribution in [0.15, 0.2) is 0 Å². The van der Waals surface area contributed by atoms with Gasteiger partial charge >= 0.3 is 0 Å². The summed E-state index contributed by atoms with van der Waals surface area (Å²) in [5, 5.41) is 5.94. The summed E-state index contributed by atoms with van der Waals surface area (Å²) in [7, 11) is 3.97. The number of carbonyl (C=O) groups excluding carboxylic acids is 1. The molecule has 15 heavy (non-hydrogen) atoms. The minimum absolute atomic E-state index is 0.155. The number of rotatable bonds is 8. The van der Waals surface area contributed by atoms with Crippen LogP contribution >= 0.6 is 0 Å². The molecule has 0 unspecified atom stereocenters. The first kappa shape index (κ1) is 14.4. The Balaban J connectivity index is 3.38. The largest absolute Gasteiger partial charge is 0.355 e. The Hall–Kier alpha value is -0.610. The van der Waals surface area contributed by atoms with E-state index in [4.69, 9.17) is 0 Å². The molecule has 0 spiro atoms. The first-order valence-corrected chi connectivity index (χ1v) is 5.69. The van der Waals surface area contributed by atoms with Gasteiger partial charge in [-0.3, -0.25) is 4.79 Å². The van der Waals surface area contributed by atoms with Gasteiger partial charge in [0.2, 0.25) is 5.91 Å². The molecule has 2 N–H and O–H groups in total. The summed E-state index contributed by atoms with van der Waals surface area (Å²) in [5.41, 5.74) is 0. The van der Waals surface area contributed by atoms with Crippen LogP contribution in [-0.2, 0) is 4.79 Å². The Kier molecular flexibility index (Phi) is 8.33. The summed E-state index contributed by atoms with van der Waals surface area (Å²) in [6, 6.07) is 0.534. The number of hydrogen-bond donors (Lipinski definition) is 2. The van der Waals surface area contributed by atoms with Crippen molar-refractivity contribution >= 4 is 5.91 Å². The SMILES string of the molecule is CNCCCC(=O)NCCN(C)C(C)C. The molecule has 0 saturated heterocycles. The van der Waals surface area contributed by atoms with Crippen molar-refractivity contribution in [3.8, 4) is 0 Å². The number of amides is 1. The molecule has 0 aromatic carbocycles. The van der Waals surface area contributed by atoms with E-state index in [1.807, 2.05) is 7.05 Å². The third-order valence-corrected chi connectivity index (χ3v) is 2.50. The van der Waals surface area contributed by atoms with Crippen molar-refractivity contribution < 1.29 is 4.79 Å². The van der Waals surface area contributed by atoms with Gasteiger partial charge in [-0.05, 0) is 40.9 Å². The zero-order valence-electron chi connectivity index (χ0n) is 10.5. The third-order valence-electron chi connectivity index (χ3n) is 2.50. The Labute approximate surface area is 93.4 Å². The van der Waals surface area contributed by atoms with E-state index in [9.17, 15) is 4.79 Å². The fraction of sp³-hybridized carbons (Fsp3) is 0.909. The molecule has 0 fully saturated rings. The van der Waals surface area contributed by atoms with E-state index in [-0.39, 0.29) is 5.91 Å². The van der Waals surface area contributed by atoms with Crippen molar-refractivity contribution in [3.63, 3.8) is 0 Å². The van der Waals surface area contributed by atoms with Gasteiger partial charge in [-0.25, -0.2) is 0 Å². The van der Waals surface area contributed by atoms with E-state index in [0.717, 1.165) is 26.1 Å². The lowest BCUT2D eigenvalue weighted by atomic mass is 10.3. The maximum atomic E-state index is 11.3. The second kappa shape index (κ2) is 8.68. The third kappa shape index (κ3) is 8.39. The first-order chi connectivity index (χ1) is 7.07. The Morgan fingerprint density at radius 3 is 2.53 bits per heavy atom. The van der Waals surface area contributed by atoms with Gasteiger partial charge in [0.05, 0.1) is 0 Å². The van der Waals surface area contributed by atoms with Crippen LogP contribution in [0.4, 0.5) is 0 Å². The van der Waals surface area contributed by atoms with Crippen molar-refractivity contribution in [1.29, 1.82) is 0 Å². The zero-order chi connectivity index (χ0) is 11.7. The lowest BCUT2D eigenvalue weighted by Gasteiger charge is -2.20. The molecule has 4 nitrogen and oxygen atoms in total. The number of likely N-dealkylation sites (N-methyl/N-ethyl adjacent to an activating group) is 1. The monoisotopic (exact) mass is 215 g/mol. The van der Waals surface area contributed by atoms with Crippen LogP contribution in [0, 0.1) is 0 Å². The molecule has 0 saturated carbocycles. The Bertz CT molecular complexity index is 171. The molecule has 0 atom stereocenters. The van der Waals surface area contributed by atoms with Gasteiger partial charge in [-0.1, -0.05) is 0 Å². The predicted octanol–water partition coefficient (Wildman–Crippen LogP) is 0.442. The molecule has 0 bridgehead atoms. The summed E-state index contributed by atoms with van der Waals surface area (Å²) in [6.45, 7) is 6.85. The maximum Gasteiger partial charge on any atom is 0.220 e. The van der Waals surface area contributed by atoms with Gasteiger partial charge in [-0.15, -0.1) is 0 Å². The average molecular weight is 215 g/mol. The summed E-state index contributed by atoms with van der Waals surface area (Å²) < 4.78 is 0. The number of nitrogens with one attached hydrogen (secondary N) is 2. The summed E-state index contributed by atoms with van der Waals surface area (Å²) >= 11 is 0. The van der Waals surface area contributed by atoms with Crippen LogP contribution in [-0.4, -0.2) is 50.6 Å². The predicted molar refractivity (Wildman–Crippen MR) is 63.9 cm³/mol. The van der Waals surface area contributed by atoms with Crippen molar-refractivity contribution in [2.75, 3.05) is 33.7 Å². The smallest absolute Gasteiger partial charge is 0.220 e. The van der Waals surface area contributed by atoms with Gasteiger partial charge < -0.3 is 15.5 Å². The zero-order valence-corrected chi connectivity index (χ0v) is 10.5. The molecule has 0 rings (SSSR count). The molecular formula is C11H25N3O. The molecule has 0 heterocycles. The standard InChI is InChI=1S/C11H25N3O/c1-10(2)14(4)9-8-13-11(15)6-5-7-12-3/h10,12H,5-9H2,1-4H3,(H,13,15). The molecule has 0 aromatic heterocycles. The molecule has 0 aromatic rings. The summed E-state index contributed by atoms with van der Waals surface area (Å²) in [6.07, 6.45) is 1.52. The Morgan fingerprint density at radius 1 is 1.33 bits per heavy atom. The van der Waals surface area contributed by atoms with E-state index >= 15 is 0 Å². The van der Waals surface area contributed by atoms with Gasteiger partial charge in [0, 0.05) is 25.6 Å². The van der Waals surface area contributed by atoms with Crippen LogP contribution in [0.3, 0.4) is 0 Å². The summed E-state index contributed by atoms with van der Waals surface area (Å²) in [5.74, 6) is 0.155. The van der Waals surface area contributed by atoms with Crippen molar-refractivity contribution in [3.05, 3.63) is 0 Å². The quantitative estimate of drug-likeness (QED) is 0.578. The minimum atomic E-state index is 0.155. The number of hydrogen-bond acceptors (Lipinski definition) is 3. The molecule has 0 aliphatic heterocycles. The van der Waals surface area contributed by atoms with Crippen molar-refractivity contribution in [2.24, 2.45) is 0 Å². The lowest BCUT2D eigenvalue weighted by Crippen LogP contribution is -2.36. The van der Waals surface area contributed by atoms with Crippen LogP contribution in [0.2, 0.25) is 0 Å². The number of nitrogens with zero attached hydrogens (tertiary/aromatic N) is 1. The maximum absolute atomic E-state index is 11.3. The van der Waals surface area contributed by atoms with Gasteiger partial charge in [-0.2, -0.15) is 0 Å². The second-order valence-corrected chi connectivity index (χ2v) is 4.13. The molecule has 90 valence electrons. The van der Waals surface area contributed by atoms with E-state index in [0.29, 0.717) is 12.5 Å². The molecule has 4 heteroatoms. The second-order valence-electron chi connectivity index (χ2n) is 4.13. The van der Waals surface area contributed by atoms with Gasteiger partial charge in [0.25, 0.3) is 0 Å². The molecule has 0 aliphatic carbocycles. The first-order valence-electron chi connectivity index (χ1n) is 5.69. The highest BCUT2D eigenvalue weighted by molar-refractivity contribution is 5.75. The van der Waals surface area contributed by atoms with E-state index in [1.165, 1.54) is 0 Å². The van der Waals surface area contributed by atoms with Crippen molar-refractivity contribution in [1.82, 2.24) is 15.5 Å². The molecule has 1 amide bonds. The summed E-state index contributed by atoms with van der Waals surface area (Å²) in [4.78, 5) is 13.5. The van der Waals surface area contributed by atoms with E-state index in [1.54, 1.807) is 0 Å². The number of carbonyl (C=O) groups is 1. The highest BCUT2D eigenvalue weighted by Gasteiger charge is 2.04. The van der Waals surface area contributed by atoms with Crippen LogP contribution in [0.25, 0.3) is 0 Å². The fourth-order valence-electron chi connectivity index (χ4n) is 1.14. The van der Waals surface area contributed by atoms with Gasteiger partial charge in [0.1, 0.15) is 0 Å². The van der Waals surface area contributed by atoms with E-state index < -0.39 is 0 Å². The van der Waals surface area contributed by atoms with Crippen LogP contribution in [0.5, 0.6) is 0 Å². The average Bonchev–Trinajstić information content (AvgIpc) is 2.18. The van der Waals surface area contributed by atoms with Gasteiger partial charge in [0.15, 0.2) is 0 Å². The Morgan fingerprint density at radius 2 is 2.00 bits per heavy atom. The highest BCUT2D eigenvalue weighted by atomic mass is 16.1. The topological polar surface area (TPSA) is 44.4 Å². The molecule has 0 aliphatic rings. The van der Waals surface area contributed by atoms with Crippen molar-refractivity contribution in [2.45, 2.75) is 32.7 Å². The van der Waals surface area contributed by atoms with Crippen LogP contribution < -0.4 is 10.6 Å². The van der Waals surface area contributed by atoms with E-state index in [2.05, 4.69) is 36.4 Å². The fourth-order valence-corrected chi connectivity index (χ4v) is 1.14. The van der Waals surface area contributed by atoms with Crippen LogP contribution in [0.1, 0.15) is 26.7 Å². The lowest BCUT2D eigenvalue weighted by molar-refractivity contribution is -0.121.